The summed E-state index contributed by atoms with van der Waals surface area (Å²) in [5, 5.41) is 13.1. The molecule has 1 aliphatic rings. The number of aliphatic hydroxyl groups excluding tert-OH is 1. The van der Waals surface area contributed by atoms with E-state index in [4.69, 9.17) is 9.47 Å². The van der Waals surface area contributed by atoms with Crippen LogP contribution >= 0.6 is 0 Å². The van der Waals surface area contributed by atoms with Crippen molar-refractivity contribution in [2.75, 3.05) is 59.3 Å². The van der Waals surface area contributed by atoms with Gasteiger partial charge in [-0.15, -0.1) is 0 Å². The maximum absolute atomic E-state index is 14.3. The van der Waals surface area contributed by atoms with Gasteiger partial charge in [0.05, 0.1) is 30.4 Å². The van der Waals surface area contributed by atoms with Gasteiger partial charge >= 0.3 is 0 Å². The van der Waals surface area contributed by atoms with Crippen LogP contribution in [0, 0.1) is 5.92 Å². The number of benzene rings is 2. The Kier molecular flexibility index (Phi) is 14.3. The standard InChI is InChI=1S/C35H52N4O6/c1-25-22-39(26(2)24-40)35(43)30-21-29(36-34(42)28-14-8-7-9-15-28)17-18-31(30)45-27(3)13-10-11-20-44-32(25)23-38(6)33(41)16-12-19-37(4)5/h7-9,14-15,17-18,21,25-27,32,40H,10-13,16,19-20,22-24H2,1-6H3,(H,36,42)/t25-,26+,27-,32-/m0/s1. The molecule has 0 radical (unpaired) electrons. The lowest BCUT2D eigenvalue weighted by atomic mass is 10.0. The quantitative estimate of drug-likeness (QED) is 0.400. The molecule has 1 aliphatic heterocycles. The van der Waals surface area contributed by atoms with Gasteiger partial charge in [0.1, 0.15) is 5.75 Å². The number of likely N-dealkylation sites (N-methyl/N-ethyl adjacent to an activating group) is 1. The highest BCUT2D eigenvalue weighted by molar-refractivity contribution is 6.05. The van der Waals surface area contributed by atoms with Crippen molar-refractivity contribution in [2.45, 2.75) is 71.1 Å². The molecule has 2 aromatic carbocycles. The summed E-state index contributed by atoms with van der Waals surface area (Å²) in [5.41, 5.74) is 1.28. The normalized spacial score (nSPS) is 20.5. The molecule has 248 valence electrons. The van der Waals surface area contributed by atoms with Gasteiger partial charge in [-0.1, -0.05) is 25.1 Å². The predicted molar refractivity (Wildman–Crippen MR) is 177 cm³/mol. The third-order valence-corrected chi connectivity index (χ3v) is 8.22. The molecule has 0 aromatic heterocycles. The number of aliphatic hydroxyl groups is 1. The summed E-state index contributed by atoms with van der Waals surface area (Å²) in [6.07, 6.45) is 3.26. The minimum absolute atomic E-state index is 0.0636. The highest BCUT2D eigenvalue weighted by Crippen LogP contribution is 2.29. The topological polar surface area (TPSA) is 112 Å². The van der Waals surface area contributed by atoms with E-state index in [-0.39, 0.29) is 42.5 Å². The minimum Gasteiger partial charge on any atom is -0.490 e. The van der Waals surface area contributed by atoms with E-state index in [0.717, 1.165) is 32.2 Å². The summed E-state index contributed by atoms with van der Waals surface area (Å²) >= 11 is 0. The van der Waals surface area contributed by atoms with Gasteiger partial charge in [-0.2, -0.15) is 0 Å². The lowest BCUT2D eigenvalue weighted by molar-refractivity contribution is -0.132. The van der Waals surface area contributed by atoms with Crippen LogP contribution in [0.1, 0.15) is 73.6 Å². The smallest absolute Gasteiger partial charge is 0.258 e. The Balaban J connectivity index is 1.89. The molecule has 0 bridgehead atoms. The Morgan fingerprint density at radius 3 is 2.51 bits per heavy atom. The van der Waals surface area contributed by atoms with Crippen LogP contribution in [0.2, 0.25) is 0 Å². The minimum atomic E-state index is -0.494. The fraction of sp³-hybridized carbons (Fsp3) is 0.571. The zero-order valence-corrected chi connectivity index (χ0v) is 27.8. The Morgan fingerprint density at radius 1 is 1.09 bits per heavy atom. The first-order chi connectivity index (χ1) is 21.5. The van der Waals surface area contributed by atoms with Crippen LogP contribution in [-0.2, 0) is 9.53 Å². The average molecular weight is 625 g/mol. The van der Waals surface area contributed by atoms with Crippen LogP contribution in [-0.4, -0.2) is 110 Å². The van der Waals surface area contributed by atoms with Gasteiger partial charge in [0, 0.05) is 50.3 Å². The molecule has 1 heterocycles. The maximum Gasteiger partial charge on any atom is 0.258 e. The molecule has 4 atom stereocenters. The predicted octanol–water partition coefficient (Wildman–Crippen LogP) is 4.53. The van der Waals surface area contributed by atoms with E-state index in [1.165, 1.54) is 0 Å². The molecule has 3 rings (SSSR count). The summed E-state index contributed by atoms with van der Waals surface area (Å²) in [5.74, 6) is -0.250. The first-order valence-corrected chi connectivity index (χ1v) is 16.1. The number of carbonyl (C=O) groups excluding carboxylic acids is 3. The van der Waals surface area contributed by atoms with Gasteiger partial charge in [-0.25, -0.2) is 0 Å². The number of hydrogen-bond acceptors (Lipinski definition) is 7. The molecule has 2 aromatic rings. The molecule has 10 nitrogen and oxygen atoms in total. The molecular formula is C35H52N4O6. The third kappa shape index (κ3) is 11.1. The maximum atomic E-state index is 14.3. The average Bonchev–Trinajstić information content (AvgIpc) is 3.02. The number of nitrogens with zero attached hydrogens (tertiary/aromatic N) is 3. The molecule has 0 unspecified atom stereocenters. The van der Waals surface area contributed by atoms with Crippen LogP contribution in [0.3, 0.4) is 0 Å². The van der Waals surface area contributed by atoms with Crippen LogP contribution in [0.4, 0.5) is 5.69 Å². The molecule has 0 saturated carbocycles. The summed E-state index contributed by atoms with van der Waals surface area (Å²) < 4.78 is 12.7. The fourth-order valence-electron chi connectivity index (χ4n) is 5.36. The largest absolute Gasteiger partial charge is 0.490 e. The Bertz CT molecular complexity index is 1240. The van der Waals surface area contributed by atoms with E-state index in [9.17, 15) is 19.5 Å². The lowest BCUT2D eigenvalue weighted by Crippen LogP contribution is -2.48. The highest BCUT2D eigenvalue weighted by Gasteiger charge is 2.31. The van der Waals surface area contributed by atoms with Gasteiger partial charge in [0.2, 0.25) is 5.91 Å². The van der Waals surface area contributed by atoms with Crippen LogP contribution < -0.4 is 10.1 Å². The zero-order chi connectivity index (χ0) is 32.9. The number of rotatable bonds is 10. The summed E-state index contributed by atoms with van der Waals surface area (Å²) in [6.45, 7) is 7.64. The van der Waals surface area contributed by atoms with Crippen molar-refractivity contribution in [3.63, 3.8) is 0 Å². The second-order valence-electron chi connectivity index (χ2n) is 12.5. The summed E-state index contributed by atoms with van der Waals surface area (Å²) in [4.78, 5) is 45.5. The van der Waals surface area contributed by atoms with Crippen molar-refractivity contribution in [3.8, 4) is 5.75 Å². The molecule has 0 saturated heterocycles. The van der Waals surface area contributed by atoms with E-state index in [0.29, 0.717) is 48.7 Å². The van der Waals surface area contributed by atoms with Crippen molar-refractivity contribution in [1.29, 1.82) is 0 Å². The van der Waals surface area contributed by atoms with Gasteiger partial charge < -0.3 is 34.6 Å². The number of amides is 3. The summed E-state index contributed by atoms with van der Waals surface area (Å²) in [6, 6.07) is 13.5. The molecule has 2 N–H and O–H groups in total. The second-order valence-corrected chi connectivity index (χ2v) is 12.5. The Morgan fingerprint density at radius 2 is 1.82 bits per heavy atom. The van der Waals surface area contributed by atoms with E-state index in [1.54, 1.807) is 66.2 Å². The lowest BCUT2D eigenvalue weighted by Gasteiger charge is -2.36. The molecule has 0 fully saturated rings. The van der Waals surface area contributed by atoms with Crippen molar-refractivity contribution in [2.24, 2.45) is 5.92 Å². The number of nitrogens with one attached hydrogen (secondary N) is 1. The molecule has 45 heavy (non-hydrogen) atoms. The van der Waals surface area contributed by atoms with E-state index < -0.39 is 6.04 Å². The first-order valence-electron chi connectivity index (χ1n) is 16.1. The van der Waals surface area contributed by atoms with Crippen molar-refractivity contribution >= 4 is 23.4 Å². The van der Waals surface area contributed by atoms with Crippen LogP contribution in [0.15, 0.2) is 48.5 Å². The van der Waals surface area contributed by atoms with Crippen LogP contribution in [0.25, 0.3) is 0 Å². The highest BCUT2D eigenvalue weighted by atomic mass is 16.5. The number of hydrogen-bond donors (Lipinski definition) is 2. The molecule has 10 heteroatoms. The Labute approximate surface area is 268 Å². The number of fused-ring (bicyclic) bond motifs is 1. The van der Waals surface area contributed by atoms with E-state index in [1.807, 2.05) is 34.0 Å². The second kappa shape index (κ2) is 17.9. The summed E-state index contributed by atoms with van der Waals surface area (Å²) in [7, 11) is 5.79. The first kappa shape index (κ1) is 36.0. The SMILES string of the molecule is C[C@H](CO)N1C[C@H](C)[C@H](CN(C)C(=O)CCCN(C)C)OCCCC[C@H](C)Oc2ccc(NC(=O)c3ccccc3)cc2C1=O. The molecular weight excluding hydrogens is 572 g/mol. The Hall–Kier alpha value is -3.47. The zero-order valence-electron chi connectivity index (χ0n) is 27.8. The number of ether oxygens (including phenoxy) is 2. The molecule has 0 spiro atoms. The van der Waals surface area contributed by atoms with Gasteiger partial charge in [0.25, 0.3) is 11.8 Å². The molecule has 0 aliphatic carbocycles. The fourth-order valence-corrected chi connectivity index (χ4v) is 5.36. The molecule has 3 amide bonds. The van der Waals surface area contributed by atoms with E-state index >= 15 is 0 Å². The monoisotopic (exact) mass is 624 g/mol. The number of anilines is 1. The third-order valence-electron chi connectivity index (χ3n) is 8.22. The van der Waals surface area contributed by atoms with Crippen LogP contribution in [0.5, 0.6) is 5.75 Å². The van der Waals surface area contributed by atoms with Gasteiger partial charge in [-0.3, -0.25) is 14.4 Å². The van der Waals surface area contributed by atoms with Crippen molar-refractivity contribution < 1.29 is 29.0 Å². The van der Waals surface area contributed by atoms with Crippen molar-refractivity contribution in [1.82, 2.24) is 14.7 Å². The van der Waals surface area contributed by atoms with Gasteiger partial charge in [0.15, 0.2) is 0 Å². The number of carbonyl (C=O) groups is 3. The van der Waals surface area contributed by atoms with Gasteiger partial charge in [-0.05, 0) is 90.5 Å². The van der Waals surface area contributed by atoms with E-state index in [2.05, 4.69) is 10.2 Å². The van der Waals surface area contributed by atoms with Crippen molar-refractivity contribution in [3.05, 3.63) is 59.7 Å².